The van der Waals surface area contributed by atoms with Gasteiger partial charge in [-0.2, -0.15) is 5.26 Å². The zero-order valence-corrected chi connectivity index (χ0v) is 22.7. The SMILES string of the molecule is CC(C)(C)C(NC=O)C(=O)N1CC2C3CC(F)C(C3)C2C1C(=O)N1CC2(CC1C#N)Oc1cccnc1NC2=O. The molecule has 2 saturated heterocycles. The van der Waals surface area contributed by atoms with Crippen molar-refractivity contribution in [2.45, 2.75) is 69.9 Å². The molecule has 3 aliphatic heterocycles. The summed E-state index contributed by atoms with van der Waals surface area (Å²) in [7, 11) is 0. The van der Waals surface area contributed by atoms with Gasteiger partial charge in [0.05, 0.1) is 12.6 Å². The first-order valence-electron chi connectivity index (χ1n) is 13.8. The van der Waals surface area contributed by atoms with Gasteiger partial charge in [-0.1, -0.05) is 20.8 Å². The Kier molecular flexibility index (Phi) is 6.05. The molecule has 212 valence electrons. The second-order valence-corrected chi connectivity index (χ2v) is 12.9. The van der Waals surface area contributed by atoms with Crippen LogP contribution in [0, 0.1) is 40.4 Å². The molecule has 6 rings (SSSR count). The summed E-state index contributed by atoms with van der Waals surface area (Å²) in [6, 6.07) is 2.57. The molecule has 0 aromatic carbocycles. The summed E-state index contributed by atoms with van der Waals surface area (Å²) in [6.07, 6.45) is 1.96. The lowest BCUT2D eigenvalue weighted by molar-refractivity contribution is -0.149. The lowest BCUT2D eigenvalue weighted by atomic mass is 9.77. The van der Waals surface area contributed by atoms with Gasteiger partial charge in [-0.25, -0.2) is 9.37 Å². The topological polar surface area (TPSA) is 145 Å². The van der Waals surface area contributed by atoms with Gasteiger partial charge in [-0.15, -0.1) is 0 Å². The highest BCUT2D eigenvalue weighted by atomic mass is 19.1. The van der Waals surface area contributed by atoms with Crippen LogP contribution in [0.25, 0.3) is 0 Å². The first kappa shape index (κ1) is 26.5. The van der Waals surface area contributed by atoms with Crippen LogP contribution in [0.1, 0.15) is 40.0 Å². The fourth-order valence-corrected chi connectivity index (χ4v) is 7.85. The predicted octanol–water partition coefficient (Wildman–Crippen LogP) is 1.26. The van der Waals surface area contributed by atoms with Crippen LogP contribution in [0.3, 0.4) is 0 Å². The smallest absolute Gasteiger partial charge is 0.271 e. The second kappa shape index (κ2) is 9.14. The number of alkyl halides is 1. The highest BCUT2D eigenvalue weighted by Gasteiger charge is 2.65. The van der Waals surface area contributed by atoms with Crippen molar-refractivity contribution < 1.29 is 28.3 Å². The van der Waals surface area contributed by atoms with E-state index in [9.17, 15) is 24.4 Å². The van der Waals surface area contributed by atoms with E-state index in [4.69, 9.17) is 4.74 Å². The lowest BCUT2D eigenvalue weighted by Gasteiger charge is -2.38. The monoisotopic (exact) mass is 552 g/mol. The zero-order valence-electron chi connectivity index (χ0n) is 22.7. The number of hydrogen-bond donors (Lipinski definition) is 2. The summed E-state index contributed by atoms with van der Waals surface area (Å²) in [6.45, 7) is 5.56. The zero-order chi connectivity index (χ0) is 28.6. The number of nitriles is 1. The quantitative estimate of drug-likeness (QED) is 0.535. The van der Waals surface area contributed by atoms with Crippen LogP contribution in [-0.4, -0.2) is 81.9 Å². The van der Waals surface area contributed by atoms with E-state index in [1.165, 1.54) is 16.0 Å². The Bertz CT molecular complexity index is 1310. The second-order valence-electron chi connectivity index (χ2n) is 12.9. The van der Waals surface area contributed by atoms with Gasteiger partial charge in [0.1, 0.15) is 24.3 Å². The molecule has 1 aromatic rings. The largest absolute Gasteiger partial charge is 0.472 e. The number of amides is 4. The number of halogens is 1. The molecule has 2 saturated carbocycles. The van der Waals surface area contributed by atoms with Crippen molar-refractivity contribution in [1.29, 1.82) is 5.26 Å². The molecule has 2 N–H and O–H groups in total. The van der Waals surface area contributed by atoms with Gasteiger partial charge < -0.3 is 25.2 Å². The van der Waals surface area contributed by atoms with Crippen molar-refractivity contribution in [2.75, 3.05) is 18.4 Å². The van der Waals surface area contributed by atoms with Crippen molar-refractivity contribution in [3.8, 4) is 11.8 Å². The van der Waals surface area contributed by atoms with E-state index in [-0.39, 0.29) is 43.1 Å². The minimum absolute atomic E-state index is 0.0453. The van der Waals surface area contributed by atoms with Gasteiger partial charge in [0.25, 0.3) is 5.91 Å². The number of carbonyl (C=O) groups is 4. The number of carbonyl (C=O) groups excluding carboxylic acids is 4. The highest BCUT2D eigenvalue weighted by Crippen LogP contribution is 2.59. The summed E-state index contributed by atoms with van der Waals surface area (Å²) < 4.78 is 21.2. The first-order valence-corrected chi connectivity index (χ1v) is 13.8. The average Bonchev–Trinajstić information content (AvgIpc) is 3.66. The molecule has 1 aromatic heterocycles. The van der Waals surface area contributed by atoms with Gasteiger partial charge in [-0.05, 0) is 54.1 Å². The van der Waals surface area contributed by atoms with Crippen molar-refractivity contribution in [1.82, 2.24) is 20.1 Å². The third-order valence-electron chi connectivity index (χ3n) is 9.63. The fraction of sp³-hybridized carbons (Fsp3) is 0.643. The third kappa shape index (κ3) is 3.84. The maximum absolute atomic E-state index is 15.1. The molecule has 40 heavy (non-hydrogen) atoms. The summed E-state index contributed by atoms with van der Waals surface area (Å²) >= 11 is 0. The van der Waals surface area contributed by atoms with E-state index in [0.717, 1.165) is 0 Å². The normalized spacial score (nSPS) is 36.4. The number of pyridine rings is 1. The summed E-state index contributed by atoms with van der Waals surface area (Å²) in [4.78, 5) is 60.0. The Balaban J connectivity index is 1.35. The molecule has 9 atom stereocenters. The molecule has 4 heterocycles. The van der Waals surface area contributed by atoms with E-state index in [1.54, 1.807) is 12.1 Å². The van der Waals surface area contributed by atoms with Gasteiger partial charge in [-0.3, -0.25) is 19.2 Å². The molecule has 4 fully saturated rings. The van der Waals surface area contributed by atoms with Crippen molar-refractivity contribution in [2.24, 2.45) is 29.1 Å². The Hall–Kier alpha value is -3.75. The number of anilines is 1. The Morgan fingerprint density at radius 3 is 2.80 bits per heavy atom. The summed E-state index contributed by atoms with van der Waals surface area (Å²) in [5.41, 5.74) is -2.14. The molecule has 12 heteroatoms. The summed E-state index contributed by atoms with van der Waals surface area (Å²) in [5, 5.41) is 15.4. The van der Waals surface area contributed by atoms with E-state index >= 15 is 4.39 Å². The van der Waals surface area contributed by atoms with E-state index < -0.39 is 59.0 Å². The van der Waals surface area contributed by atoms with Crippen molar-refractivity contribution in [3.05, 3.63) is 18.3 Å². The summed E-state index contributed by atoms with van der Waals surface area (Å²) in [5.74, 6) is -1.53. The Morgan fingerprint density at radius 2 is 2.10 bits per heavy atom. The van der Waals surface area contributed by atoms with Crippen molar-refractivity contribution >= 4 is 29.9 Å². The Labute approximate surface area is 231 Å². The average molecular weight is 553 g/mol. The lowest BCUT2D eigenvalue weighted by Crippen LogP contribution is -2.59. The number of aromatic nitrogens is 1. The molecule has 2 aliphatic carbocycles. The number of nitrogens with one attached hydrogen (secondary N) is 2. The fourth-order valence-electron chi connectivity index (χ4n) is 7.85. The van der Waals surface area contributed by atoms with E-state index in [1.807, 2.05) is 20.8 Å². The van der Waals surface area contributed by atoms with Gasteiger partial charge in [0.15, 0.2) is 11.6 Å². The third-order valence-corrected chi connectivity index (χ3v) is 9.63. The maximum atomic E-state index is 15.1. The number of nitrogens with zero attached hydrogens (tertiary/aromatic N) is 4. The minimum Gasteiger partial charge on any atom is -0.472 e. The number of ether oxygens (including phenoxy) is 1. The minimum atomic E-state index is -1.50. The first-order chi connectivity index (χ1) is 19.0. The predicted molar refractivity (Wildman–Crippen MR) is 138 cm³/mol. The number of fused-ring (bicyclic) bond motifs is 6. The molecular formula is C28H33FN6O5. The van der Waals surface area contributed by atoms with Crippen LogP contribution < -0.4 is 15.4 Å². The van der Waals surface area contributed by atoms with Gasteiger partial charge >= 0.3 is 0 Å². The number of rotatable bonds is 4. The van der Waals surface area contributed by atoms with Gasteiger partial charge in [0.2, 0.25) is 23.8 Å². The van der Waals surface area contributed by atoms with Crippen LogP contribution in [0.15, 0.2) is 18.3 Å². The number of hydrogen-bond acceptors (Lipinski definition) is 7. The Morgan fingerprint density at radius 1 is 1.32 bits per heavy atom. The molecule has 11 nitrogen and oxygen atoms in total. The molecule has 4 amide bonds. The molecule has 9 unspecified atom stereocenters. The number of likely N-dealkylation sites (tertiary alicyclic amines) is 2. The van der Waals surface area contributed by atoms with Crippen molar-refractivity contribution in [3.63, 3.8) is 0 Å². The molecule has 0 radical (unpaired) electrons. The highest BCUT2D eigenvalue weighted by molar-refractivity contribution is 6.01. The van der Waals surface area contributed by atoms with Crippen LogP contribution in [0.4, 0.5) is 10.2 Å². The standard InChI is InChI=1S/C28H33FN6O5/c1-27(2,3)22(32-13-36)25(38)34-11-17-14-7-16(18(29)8-14)20(17)21(34)24(37)35-12-28(9-15(35)10-30)26(39)33-23-19(40-28)5-4-6-31-23/h4-6,13-18,20-22H,7-9,11-12H2,1-3H3,(H,32,36)(H,31,33,39). The van der Waals surface area contributed by atoms with Crippen LogP contribution >= 0.6 is 0 Å². The van der Waals surface area contributed by atoms with Gasteiger partial charge in [0, 0.05) is 19.2 Å². The molecule has 5 aliphatic rings. The van der Waals surface area contributed by atoms with Crippen LogP contribution in [0.2, 0.25) is 0 Å². The van der Waals surface area contributed by atoms with Crippen LogP contribution in [0.5, 0.6) is 5.75 Å². The molecule has 1 spiro atoms. The van der Waals surface area contributed by atoms with Crippen LogP contribution in [-0.2, 0) is 19.2 Å². The van der Waals surface area contributed by atoms with E-state index in [2.05, 4.69) is 21.7 Å². The van der Waals surface area contributed by atoms with E-state index in [0.29, 0.717) is 25.0 Å². The molecule has 2 bridgehead atoms. The maximum Gasteiger partial charge on any atom is 0.271 e. The molecular weight excluding hydrogens is 519 g/mol.